The molecule has 3 aromatic heterocycles. The molecule has 0 fully saturated rings. The molecule has 1 atom stereocenters. The van der Waals surface area contributed by atoms with Crippen molar-refractivity contribution in [2.45, 2.75) is 26.3 Å². The smallest absolute Gasteiger partial charge is 0.178 e. The van der Waals surface area contributed by atoms with Crippen LogP contribution in [0.3, 0.4) is 0 Å². The maximum Gasteiger partial charge on any atom is 0.178 e. The molecule has 3 rings (SSSR count). The van der Waals surface area contributed by atoms with Gasteiger partial charge in [0, 0.05) is 4.88 Å². The number of nitrogens with zero attached hydrogens (tertiary/aromatic N) is 4. The van der Waals surface area contributed by atoms with Gasteiger partial charge in [0.25, 0.3) is 0 Å². The van der Waals surface area contributed by atoms with Crippen LogP contribution >= 0.6 is 11.3 Å². The van der Waals surface area contributed by atoms with Gasteiger partial charge in [0.2, 0.25) is 0 Å². The van der Waals surface area contributed by atoms with Gasteiger partial charge in [-0.25, -0.2) is 0 Å². The Kier molecular flexibility index (Phi) is 3.16. The molecule has 1 N–H and O–H groups in total. The zero-order valence-electron chi connectivity index (χ0n) is 10.9. The first kappa shape index (κ1) is 12.1. The van der Waals surface area contributed by atoms with Crippen LogP contribution in [0.2, 0.25) is 0 Å². The van der Waals surface area contributed by atoms with E-state index < -0.39 is 0 Å². The van der Waals surface area contributed by atoms with Gasteiger partial charge in [0.1, 0.15) is 5.82 Å². The molecular weight excluding hydrogens is 258 g/mol. The van der Waals surface area contributed by atoms with Crippen LogP contribution in [-0.4, -0.2) is 19.8 Å². The molecule has 19 heavy (non-hydrogen) atoms. The maximum absolute atomic E-state index is 4.52. The van der Waals surface area contributed by atoms with Gasteiger partial charge in [0.15, 0.2) is 11.5 Å². The first-order valence-corrected chi connectivity index (χ1v) is 7.15. The summed E-state index contributed by atoms with van der Waals surface area (Å²) in [4.78, 5) is 1.32. The minimum Gasteiger partial charge on any atom is -0.361 e. The minimum atomic E-state index is 0.293. The van der Waals surface area contributed by atoms with E-state index in [1.54, 1.807) is 15.9 Å². The summed E-state index contributed by atoms with van der Waals surface area (Å²) >= 11 is 1.76. The zero-order valence-corrected chi connectivity index (χ0v) is 11.7. The number of rotatable bonds is 4. The predicted molar refractivity (Wildman–Crippen MR) is 76.5 cm³/mol. The number of fused-ring (bicyclic) bond motifs is 1. The topological polar surface area (TPSA) is 55.1 Å². The fourth-order valence-electron chi connectivity index (χ4n) is 2.02. The molecular formula is C13H15N5S. The second-order valence-electron chi connectivity index (χ2n) is 4.36. The normalized spacial score (nSPS) is 12.7. The van der Waals surface area contributed by atoms with E-state index in [-0.39, 0.29) is 0 Å². The first-order chi connectivity index (χ1) is 9.28. The number of thiophene rings is 1. The third-order valence-corrected chi connectivity index (χ3v) is 4.02. The van der Waals surface area contributed by atoms with E-state index in [2.05, 4.69) is 45.0 Å². The Morgan fingerprint density at radius 3 is 2.95 bits per heavy atom. The van der Waals surface area contributed by atoms with Gasteiger partial charge in [-0.2, -0.15) is 4.52 Å². The lowest BCUT2D eigenvalue weighted by atomic mass is 10.2. The van der Waals surface area contributed by atoms with Crippen LogP contribution in [0.5, 0.6) is 0 Å². The minimum absolute atomic E-state index is 0.293. The van der Waals surface area contributed by atoms with Crippen molar-refractivity contribution in [3.05, 3.63) is 40.3 Å². The van der Waals surface area contributed by atoms with Crippen molar-refractivity contribution in [1.82, 2.24) is 19.8 Å². The van der Waals surface area contributed by atoms with Gasteiger partial charge in [-0.15, -0.1) is 26.6 Å². The molecule has 0 saturated carbocycles. The molecule has 0 amide bonds. The molecule has 3 heterocycles. The molecule has 0 bridgehead atoms. The Hall–Kier alpha value is -1.95. The van der Waals surface area contributed by atoms with Gasteiger partial charge >= 0.3 is 0 Å². The molecule has 5 nitrogen and oxygen atoms in total. The number of nitrogens with one attached hydrogen (secondary N) is 1. The van der Waals surface area contributed by atoms with Gasteiger partial charge in [-0.1, -0.05) is 13.0 Å². The molecule has 0 spiro atoms. The molecule has 6 heteroatoms. The van der Waals surface area contributed by atoms with Crippen LogP contribution in [0.1, 0.15) is 30.1 Å². The second-order valence-corrected chi connectivity index (χ2v) is 5.34. The Bertz CT molecular complexity index is 673. The van der Waals surface area contributed by atoms with Gasteiger partial charge in [0.05, 0.1) is 6.04 Å². The number of anilines is 1. The largest absolute Gasteiger partial charge is 0.361 e. The van der Waals surface area contributed by atoms with Crippen molar-refractivity contribution in [2.24, 2.45) is 0 Å². The van der Waals surface area contributed by atoms with Crippen molar-refractivity contribution in [3.63, 3.8) is 0 Å². The van der Waals surface area contributed by atoms with Crippen LogP contribution in [-0.2, 0) is 0 Å². The van der Waals surface area contributed by atoms with E-state index in [4.69, 9.17) is 0 Å². The van der Waals surface area contributed by atoms with Crippen LogP contribution < -0.4 is 5.32 Å². The second kappa shape index (κ2) is 4.97. The van der Waals surface area contributed by atoms with Crippen molar-refractivity contribution in [2.75, 3.05) is 5.32 Å². The highest BCUT2D eigenvalue weighted by Gasteiger charge is 2.11. The molecule has 0 aromatic carbocycles. The van der Waals surface area contributed by atoms with Gasteiger partial charge < -0.3 is 5.32 Å². The lowest BCUT2D eigenvalue weighted by Gasteiger charge is -2.15. The van der Waals surface area contributed by atoms with Crippen molar-refractivity contribution < 1.29 is 0 Å². The summed E-state index contributed by atoms with van der Waals surface area (Å²) in [6.45, 7) is 4.06. The molecule has 1 unspecified atom stereocenters. The summed E-state index contributed by atoms with van der Waals surface area (Å²) in [7, 11) is 0. The number of aryl methyl sites for hydroxylation is 1. The third kappa shape index (κ3) is 2.31. The maximum atomic E-state index is 4.52. The van der Waals surface area contributed by atoms with Crippen molar-refractivity contribution in [1.29, 1.82) is 0 Å². The van der Waals surface area contributed by atoms with E-state index in [0.29, 0.717) is 6.04 Å². The van der Waals surface area contributed by atoms with Gasteiger partial charge in [-0.05, 0) is 36.9 Å². The molecule has 0 radical (unpaired) electrons. The van der Waals surface area contributed by atoms with Crippen molar-refractivity contribution in [3.8, 4) is 0 Å². The SMILES string of the molecule is CCC(Nc1ccc2nnc(C)n2n1)c1cccs1. The van der Waals surface area contributed by atoms with E-state index in [1.807, 2.05) is 19.1 Å². The summed E-state index contributed by atoms with van der Waals surface area (Å²) in [5.41, 5.74) is 0.771. The Morgan fingerprint density at radius 2 is 2.21 bits per heavy atom. The lowest BCUT2D eigenvalue weighted by molar-refractivity contribution is 0.748. The Labute approximate surface area is 115 Å². The molecule has 0 aliphatic rings. The number of hydrogen-bond acceptors (Lipinski definition) is 5. The highest BCUT2D eigenvalue weighted by Crippen LogP contribution is 2.25. The Balaban J connectivity index is 1.89. The number of aromatic nitrogens is 4. The van der Waals surface area contributed by atoms with Crippen molar-refractivity contribution >= 4 is 22.8 Å². The molecule has 0 aliphatic carbocycles. The van der Waals surface area contributed by atoms with Crippen LogP contribution in [0, 0.1) is 6.92 Å². The zero-order chi connectivity index (χ0) is 13.2. The summed E-state index contributed by atoms with van der Waals surface area (Å²) in [6.07, 6.45) is 1.02. The molecule has 3 aromatic rings. The highest BCUT2D eigenvalue weighted by atomic mass is 32.1. The first-order valence-electron chi connectivity index (χ1n) is 6.27. The number of hydrogen-bond donors (Lipinski definition) is 1. The molecule has 98 valence electrons. The summed E-state index contributed by atoms with van der Waals surface area (Å²) in [5.74, 6) is 1.64. The standard InChI is InChI=1S/C13H15N5S/c1-3-10(11-5-4-8-19-11)14-12-6-7-13-16-15-9(2)18(13)17-12/h4-8,10H,3H2,1-2H3,(H,14,17). The average Bonchev–Trinajstić information content (AvgIpc) is 3.07. The highest BCUT2D eigenvalue weighted by molar-refractivity contribution is 7.10. The fourth-order valence-corrected chi connectivity index (χ4v) is 2.88. The van der Waals surface area contributed by atoms with E-state index in [0.717, 1.165) is 23.7 Å². The monoisotopic (exact) mass is 273 g/mol. The predicted octanol–water partition coefficient (Wildman–Crippen LogP) is 3.06. The summed E-state index contributed by atoms with van der Waals surface area (Å²) in [5, 5.41) is 18.1. The average molecular weight is 273 g/mol. The van der Waals surface area contributed by atoms with E-state index >= 15 is 0 Å². The van der Waals surface area contributed by atoms with Crippen LogP contribution in [0.4, 0.5) is 5.82 Å². The van der Waals surface area contributed by atoms with Crippen LogP contribution in [0.15, 0.2) is 29.6 Å². The molecule has 0 saturated heterocycles. The van der Waals surface area contributed by atoms with E-state index in [9.17, 15) is 0 Å². The van der Waals surface area contributed by atoms with E-state index in [1.165, 1.54) is 4.88 Å². The van der Waals surface area contributed by atoms with Crippen LogP contribution in [0.25, 0.3) is 5.65 Å². The lowest BCUT2D eigenvalue weighted by Crippen LogP contribution is -2.10. The fraction of sp³-hybridized carbons (Fsp3) is 0.308. The summed E-state index contributed by atoms with van der Waals surface area (Å²) in [6, 6.07) is 8.39. The quantitative estimate of drug-likeness (QED) is 0.793. The third-order valence-electron chi connectivity index (χ3n) is 3.04. The van der Waals surface area contributed by atoms with Gasteiger partial charge in [-0.3, -0.25) is 0 Å². The summed E-state index contributed by atoms with van der Waals surface area (Å²) < 4.78 is 1.75. The Morgan fingerprint density at radius 1 is 1.32 bits per heavy atom. The molecule has 0 aliphatic heterocycles.